The van der Waals surface area contributed by atoms with Crippen LogP contribution in [-0.4, -0.2) is 0 Å². The van der Waals surface area contributed by atoms with Crippen LogP contribution in [0.5, 0.6) is 0 Å². The maximum atomic E-state index is 13.4. The Morgan fingerprint density at radius 2 is 0.962 bits per heavy atom. The molecule has 0 aliphatic rings. The number of benzene rings is 4. The monoisotopic (exact) mass is 339 g/mol. The molecule has 0 saturated carbocycles. The topological polar surface area (TPSA) is 12.0 Å². The maximum Gasteiger partial charge on any atom is 0.123 e. The highest BCUT2D eigenvalue weighted by molar-refractivity contribution is 5.70. The van der Waals surface area contributed by atoms with Crippen molar-refractivity contribution in [1.82, 2.24) is 0 Å². The molecule has 2 heteroatoms. The van der Waals surface area contributed by atoms with E-state index in [4.69, 9.17) is 0 Å². The summed E-state index contributed by atoms with van der Waals surface area (Å²) in [7, 11) is 0. The molecule has 0 aliphatic carbocycles. The molecule has 0 saturated heterocycles. The lowest BCUT2D eigenvalue weighted by molar-refractivity contribution is 0.628. The van der Waals surface area contributed by atoms with Crippen molar-refractivity contribution in [2.75, 3.05) is 5.32 Å². The maximum absolute atomic E-state index is 13.4. The van der Waals surface area contributed by atoms with Crippen LogP contribution in [0.2, 0.25) is 0 Å². The summed E-state index contributed by atoms with van der Waals surface area (Å²) < 4.78 is 13.4. The first-order chi connectivity index (χ1) is 12.8. The summed E-state index contributed by atoms with van der Waals surface area (Å²) in [5.41, 5.74) is 6.30. The van der Waals surface area contributed by atoms with Crippen LogP contribution < -0.4 is 5.32 Å². The van der Waals surface area contributed by atoms with Gasteiger partial charge in [0.15, 0.2) is 0 Å². The highest BCUT2D eigenvalue weighted by atomic mass is 19.1. The van der Waals surface area contributed by atoms with E-state index in [2.05, 4.69) is 41.7 Å². The van der Waals surface area contributed by atoms with Gasteiger partial charge in [0.1, 0.15) is 5.82 Å². The van der Waals surface area contributed by atoms with E-state index < -0.39 is 0 Å². The van der Waals surface area contributed by atoms with Crippen LogP contribution in [0.15, 0.2) is 103 Å². The summed E-state index contributed by atoms with van der Waals surface area (Å²) >= 11 is 0. The highest BCUT2D eigenvalue weighted by Crippen LogP contribution is 2.25. The van der Waals surface area contributed by atoms with E-state index in [1.807, 2.05) is 48.5 Å². The van der Waals surface area contributed by atoms with Gasteiger partial charge < -0.3 is 5.32 Å². The fourth-order valence-corrected chi connectivity index (χ4v) is 2.96. The van der Waals surface area contributed by atoms with Crippen LogP contribution in [0.1, 0.15) is 0 Å². The Kier molecular flexibility index (Phi) is 4.48. The minimum absolute atomic E-state index is 0.219. The summed E-state index contributed by atoms with van der Waals surface area (Å²) in [6.07, 6.45) is 0. The normalized spacial score (nSPS) is 10.5. The molecule has 0 aromatic heterocycles. The Morgan fingerprint density at radius 3 is 1.54 bits per heavy atom. The summed E-state index contributed by atoms with van der Waals surface area (Å²) in [6.45, 7) is 0. The first-order valence-corrected chi connectivity index (χ1v) is 8.56. The molecule has 26 heavy (non-hydrogen) atoms. The second kappa shape index (κ2) is 7.24. The molecular weight excluding hydrogens is 321 g/mol. The van der Waals surface area contributed by atoms with Gasteiger partial charge >= 0.3 is 0 Å². The molecule has 0 atom stereocenters. The van der Waals surface area contributed by atoms with E-state index in [1.54, 1.807) is 12.1 Å². The van der Waals surface area contributed by atoms with Crippen LogP contribution in [-0.2, 0) is 0 Å². The quantitative estimate of drug-likeness (QED) is 0.426. The minimum Gasteiger partial charge on any atom is -0.356 e. The molecule has 0 aliphatic heterocycles. The Bertz CT molecular complexity index is 990. The van der Waals surface area contributed by atoms with E-state index in [9.17, 15) is 4.39 Å². The number of nitrogens with one attached hydrogen (secondary N) is 1. The largest absolute Gasteiger partial charge is 0.356 e. The van der Waals surface area contributed by atoms with Gasteiger partial charge in [0.25, 0.3) is 0 Å². The molecule has 0 heterocycles. The summed E-state index contributed by atoms with van der Waals surface area (Å²) in [4.78, 5) is 0. The molecule has 126 valence electrons. The highest BCUT2D eigenvalue weighted by Gasteiger charge is 2.01. The first-order valence-electron chi connectivity index (χ1n) is 8.56. The predicted molar refractivity (Wildman–Crippen MR) is 107 cm³/mol. The molecular formula is C24H18FN. The molecule has 4 aromatic carbocycles. The number of anilines is 2. The van der Waals surface area contributed by atoms with Gasteiger partial charge in [-0.3, -0.25) is 0 Å². The van der Waals surface area contributed by atoms with Crippen molar-refractivity contribution in [2.24, 2.45) is 0 Å². The number of halogens is 1. The van der Waals surface area contributed by atoms with Crippen LogP contribution in [0.4, 0.5) is 15.8 Å². The smallest absolute Gasteiger partial charge is 0.123 e. The molecule has 0 radical (unpaired) electrons. The van der Waals surface area contributed by atoms with Crippen molar-refractivity contribution in [3.63, 3.8) is 0 Å². The van der Waals surface area contributed by atoms with E-state index in [0.29, 0.717) is 0 Å². The van der Waals surface area contributed by atoms with Gasteiger partial charge in [-0.2, -0.15) is 0 Å². The van der Waals surface area contributed by atoms with E-state index in [0.717, 1.165) is 22.5 Å². The molecule has 1 N–H and O–H groups in total. The van der Waals surface area contributed by atoms with Crippen molar-refractivity contribution in [3.8, 4) is 22.3 Å². The molecule has 1 nitrogen and oxygen atoms in total. The van der Waals surface area contributed by atoms with E-state index >= 15 is 0 Å². The summed E-state index contributed by atoms with van der Waals surface area (Å²) in [6, 6.07) is 33.3. The zero-order valence-corrected chi connectivity index (χ0v) is 14.2. The van der Waals surface area contributed by atoms with Gasteiger partial charge in [0, 0.05) is 11.4 Å². The molecule has 0 amide bonds. The third-order valence-corrected chi connectivity index (χ3v) is 4.32. The zero-order chi connectivity index (χ0) is 17.8. The molecule has 0 bridgehead atoms. The molecule has 0 spiro atoms. The van der Waals surface area contributed by atoms with Crippen LogP contribution in [0.3, 0.4) is 0 Å². The first kappa shape index (κ1) is 16.1. The fraction of sp³-hybridized carbons (Fsp3) is 0. The second-order valence-corrected chi connectivity index (χ2v) is 6.16. The van der Waals surface area contributed by atoms with Gasteiger partial charge in [0.05, 0.1) is 0 Å². The molecule has 4 aromatic rings. The number of rotatable bonds is 4. The van der Waals surface area contributed by atoms with Gasteiger partial charge in [-0.15, -0.1) is 0 Å². The summed E-state index contributed by atoms with van der Waals surface area (Å²) in [5, 5.41) is 3.40. The number of hydrogen-bond donors (Lipinski definition) is 1. The van der Waals surface area contributed by atoms with Gasteiger partial charge in [0.2, 0.25) is 0 Å². The Balaban J connectivity index is 1.49. The average Bonchev–Trinajstić information content (AvgIpc) is 2.70. The van der Waals surface area contributed by atoms with Crippen molar-refractivity contribution < 1.29 is 4.39 Å². The third kappa shape index (κ3) is 3.65. The third-order valence-electron chi connectivity index (χ3n) is 4.32. The molecule has 0 fully saturated rings. The minimum atomic E-state index is -0.219. The second-order valence-electron chi connectivity index (χ2n) is 6.16. The van der Waals surface area contributed by atoms with Crippen molar-refractivity contribution in [3.05, 3.63) is 109 Å². The molecule has 4 rings (SSSR count). The van der Waals surface area contributed by atoms with Crippen molar-refractivity contribution in [1.29, 1.82) is 0 Å². The predicted octanol–water partition coefficient (Wildman–Crippen LogP) is 6.90. The van der Waals surface area contributed by atoms with Gasteiger partial charge in [-0.05, 0) is 58.7 Å². The lowest BCUT2D eigenvalue weighted by Crippen LogP contribution is -1.90. The Morgan fingerprint density at radius 1 is 0.462 bits per heavy atom. The van der Waals surface area contributed by atoms with E-state index in [-0.39, 0.29) is 5.82 Å². The fourth-order valence-electron chi connectivity index (χ4n) is 2.96. The van der Waals surface area contributed by atoms with Crippen molar-refractivity contribution >= 4 is 11.4 Å². The van der Waals surface area contributed by atoms with E-state index in [1.165, 1.54) is 17.2 Å². The van der Waals surface area contributed by atoms with Gasteiger partial charge in [-0.1, -0.05) is 66.7 Å². The zero-order valence-electron chi connectivity index (χ0n) is 14.2. The summed E-state index contributed by atoms with van der Waals surface area (Å²) in [5.74, 6) is -0.219. The van der Waals surface area contributed by atoms with Crippen LogP contribution >= 0.6 is 0 Å². The lowest BCUT2D eigenvalue weighted by atomic mass is 10.0. The van der Waals surface area contributed by atoms with Crippen molar-refractivity contribution in [2.45, 2.75) is 0 Å². The molecule has 0 unspecified atom stereocenters. The SMILES string of the molecule is Fc1cccc(-c2ccc(Nc3ccc(-c4ccccc4)cc3)cc2)c1. The average molecular weight is 339 g/mol. The van der Waals surface area contributed by atoms with Gasteiger partial charge in [-0.25, -0.2) is 4.39 Å². The van der Waals surface area contributed by atoms with Crippen LogP contribution in [0, 0.1) is 5.82 Å². The Labute approximate surface area is 152 Å². The number of hydrogen-bond acceptors (Lipinski definition) is 1. The Hall–Kier alpha value is -3.39. The standard InChI is InChI=1S/C24H18FN/c25-22-8-4-7-21(17-22)20-11-15-24(16-12-20)26-23-13-9-19(10-14-23)18-5-2-1-3-6-18/h1-17,26H. The van der Waals surface area contributed by atoms with Crippen LogP contribution in [0.25, 0.3) is 22.3 Å². The lowest BCUT2D eigenvalue weighted by Gasteiger charge is -2.09.